The highest BCUT2D eigenvalue weighted by atomic mass is 35.5. The third-order valence-corrected chi connectivity index (χ3v) is 2.65. The van der Waals surface area contributed by atoms with Gasteiger partial charge in [0.15, 0.2) is 5.58 Å². The van der Waals surface area contributed by atoms with Crippen LogP contribution in [0.4, 0.5) is 0 Å². The summed E-state index contributed by atoms with van der Waals surface area (Å²) < 4.78 is 10.5. The second kappa shape index (κ2) is 3.37. The van der Waals surface area contributed by atoms with Crippen molar-refractivity contribution in [2.45, 2.75) is 6.92 Å². The molecule has 4 heteroatoms. The van der Waals surface area contributed by atoms with Crippen molar-refractivity contribution < 1.29 is 9.15 Å². The first kappa shape index (κ1) is 9.69. The number of methoxy groups -OCH3 is 1. The number of hydrogen-bond donors (Lipinski definition) is 0. The van der Waals surface area contributed by atoms with Crippen molar-refractivity contribution in [3.63, 3.8) is 0 Å². The summed E-state index contributed by atoms with van der Waals surface area (Å²) in [5, 5.41) is 1.83. The Morgan fingerprint density at radius 2 is 2.00 bits per heavy atom. The van der Waals surface area contributed by atoms with Gasteiger partial charge in [0.25, 0.3) is 0 Å². The molecule has 0 atom stereocenters. The van der Waals surface area contributed by atoms with Crippen molar-refractivity contribution >= 4 is 34.2 Å². The van der Waals surface area contributed by atoms with Crippen molar-refractivity contribution in [1.82, 2.24) is 0 Å². The zero-order chi connectivity index (χ0) is 10.3. The van der Waals surface area contributed by atoms with Gasteiger partial charge in [-0.1, -0.05) is 23.2 Å². The van der Waals surface area contributed by atoms with Gasteiger partial charge in [0.05, 0.1) is 28.8 Å². The molecule has 2 aromatic rings. The number of rotatable bonds is 1. The maximum Gasteiger partial charge on any atom is 0.156 e. The molecular formula is C10H8Cl2O2. The molecule has 0 aliphatic rings. The Morgan fingerprint density at radius 3 is 2.64 bits per heavy atom. The van der Waals surface area contributed by atoms with Crippen LogP contribution in [0.2, 0.25) is 10.0 Å². The van der Waals surface area contributed by atoms with Gasteiger partial charge in [0.1, 0.15) is 5.75 Å². The number of halogens is 2. The van der Waals surface area contributed by atoms with E-state index in [-0.39, 0.29) is 0 Å². The van der Waals surface area contributed by atoms with E-state index in [9.17, 15) is 0 Å². The maximum absolute atomic E-state index is 5.99. The molecule has 0 saturated heterocycles. The van der Waals surface area contributed by atoms with Gasteiger partial charge in [0, 0.05) is 0 Å². The first-order valence-electron chi connectivity index (χ1n) is 4.05. The van der Waals surface area contributed by atoms with Crippen LogP contribution in [0.15, 0.2) is 16.7 Å². The van der Waals surface area contributed by atoms with Gasteiger partial charge in [-0.15, -0.1) is 0 Å². The Hall–Kier alpha value is -0.860. The normalized spacial score (nSPS) is 10.9. The molecule has 0 saturated carbocycles. The molecule has 1 heterocycles. The summed E-state index contributed by atoms with van der Waals surface area (Å²) in [7, 11) is 1.57. The van der Waals surface area contributed by atoms with Crippen LogP contribution in [-0.2, 0) is 0 Å². The van der Waals surface area contributed by atoms with Gasteiger partial charge in [-0.2, -0.15) is 0 Å². The molecule has 14 heavy (non-hydrogen) atoms. The number of hydrogen-bond acceptors (Lipinski definition) is 2. The largest absolute Gasteiger partial charge is 0.494 e. The summed E-state index contributed by atoms with van der Waals surface area (Å²) in [6.07, 6.45) is 1.63. The Bertz CT molecular complexity index is 488. The fourth-order valence-electron chi connectivity index (χ4n) is 1.46. The number of ether oxygens (including phenoxy) is 1. The highest BCUT2D eigenvalue weighted by molar-refractivity contribution is 6.39. The van der Waals surface area contributed by atoms with Crippen LogP contribution in [0.5, 0.6) is 5.75 Å². The van der Waals surface area contributed by atoms with Crippen LogP contribution >= 0.6 is 23.2 Å². The van der Waals surface area contributed by atoms with E-state index in [1.165, 1.54) is 0 Å². The molecule has 2 nitrogen and oxygen atoms in total. The summed E-state index contributed by atoms with van der Waals surface area (Å²) in [5.74, 6) is 0.609. The highest BCUT2D eigenvalue weighted by Crippen LogP contribution is 2.40. The van der Waals surface area contributed by atoms with Crippen LogP contribution in [-0.4, -0.2) is 7.11 Å². The Balaban J connectivity index is 2.94. The van der Waals surface area contributed by atoms with Gasteiger partial charge >= 0.3 is 0 Å². The minimum absolute atomic E-state index is 0.495. The Labute approximate surface area is 91.4 Å². The van der Waals surface area contributed by atoms with E-state index < -0.39 is 0 Å². The summed E-state index contributed by atoms with van der Waals surface area (Å²) in [6.45, 7) is 1.92. The summed E-state index contributed by atoms with van der Waals surface area (Å²) >= 11 is 12.0. The second-order valence-corrected chi connectivity index (χ2v) is 3.81. The zero-order valence-corrected chi connectivity index (χ0v) is 9.24. The Kier molecular flexibility index (Phi) is 2.33. The first-order chi connectivity index (χ1) is 6.65. The number of furan rings is 1. The van der Waals surface area contributed by atoms with E-state index >= 15 is 0 Å². The van der Waals surface area contributed by atoms with Crippen molar-refractivity contribution in [2.75, 3.05) is 7.11 Å². The van der Waals surface area contributed by atoms with E-state index in [2.05, 4.69) is 0 Å². The first-order valence-corrected chi connectivity index (χ1v) is 4.80. The lowest BCUT2D eigenvalue weighted by Crippen LogP contribution is -1.86. The fraction of sp³-hybridized carbons (Fsp3) is 0.200. The van der Waals surface area contributed by atoms with Crippen LogP contribution < -0.4 is 4.74 Å². The van der Waals surface area contributed by atoms with Gasteiger partial charge < -0.3 is 9.15 Å². The highest BCUT2D eigenvalue weighted by Gasteiger charge is 2.15. The summed E-state index contributed by atoms with van der Waals surface area (Å²) in [5.41, 5.74) is 1.58. The molecule has 0 N–H and O–H groups in total. The van der Waals surface area contributed by atoms with Crippen molar-refractivity contribution in [3.05, 3.63) is 27.9 Å². The maximum atomic E-state index is 5.99. The molecule has 1 aromatic carbocycles. The quantitative estimate of drug-likeness (QED) is 0.738. The molecule has 0 fully saturated rings. The second-order valence-electron chi connectivity index (χ2n) is 3.00. The average Bonchev–Trinajstić information content (AvgIpc) is 2.50. The third-order valence-electron chi connectivity index (χ3n) is 2.09. The molecule has 0 bridgehead atoms. The van der Waals surface area contributed by atoms with E-state index in [0.717, 1.165) is 10.9 Å². The molecular weight excluding hydrogens is 223 g/mol. The van der Waals surface area contributed by atoms with Crippen molar-refractivity contribution in [3.8, 4) is 5.75 Å². The number of benzene rings is 1. The lowest BCUT2D eigenvalue weighted by atomic mass is 10.2. The molecule has 1 aromatic heterocycles. The minimum Gasteiger partial charge on any atom is -0.494 e. The lowest BCUT2D eigenvalue weighted by molar-refractivity contribution is 0.419. The monoisotopic (exact) mass is 230 g/mol. The summed E-state index contributed by atoms with van der Waals surface area (Å²) in [4.78, 5) is 0. The van der Waals surface area contributed by atoms with Crippen molar-refractivity contribution in [1.29, 1.82) is 0 Å². The summed E-state index contributed by atoms with van der Waals surface area (Å²) in [6, 6.07) is 1.62. The number of aryl methyl sites for hydroxylation is 1. The van der Waals surface area contributed by atoms with E-state index in [0.29, 0.717) is 21.4 Å². The van der Waals surface area contributed by atoms with Crippen LogP contribution in [0.1, 0.15) is 5.56 Å². The molecule has 0 amide bonds. The van der Waals surface area contributed by atoms with Gasteiger partial charge in [-0.05, 0) is 18.6 Å². The smallest absolute Gasteiger partial charge is 0.156 e. The molecule has 0 radical (unpaired) electrons. The topological polar surface area (TPSA) is 22.4 Å². The van der Waals surface area contributed by atoms with Crippen LogP contribution in [0.3, 0.4) is 0 Å². The molecule has 0 aliphatic heterocycles. The Morgan fingerprint density at radius 1 is 1.29 bits per heavy atom. The lowest BCUT2D eigenvalue weighted by Gasteiger charge is -2.05. The molecule has 0 unspecified atom stereocenters. The van der Waals surface area contributed by atoms with E-state index in [1.54, 1.807) is 19.4 Å². The van der Waals surface area contributed by atoms with Crippen LogP contribution in [0, 0.1) is 6.92 Å². The molecule has 0 spiro atoms. The minimum atomic E-state index is 0.495. The standard InChI is InChI=1S/C10H8Cl2O2/c1-5-4-14-10-7(12)3-6(11)9(13-2)8(5)10/h3-4H,1-2H3. The zero-order valence-electron chi connectivity index (χ0n) is 7.73. The average molecular weight is 231 g/mol. The predicted molar refractivity (Wildman–Crippen MR) is 57.5 cm³/mol. The predicted octanol–water partition coefficient (Wildman–Crippen LogP) is 4.06. The third kappa shape index (κ3) is 1.26. The van der Waals surface area contributed by atoms with Gasteiger partial charge in [-0.3, -0.25) is 0 Å². The van der Waals surface area contributed by atoms with Crippen LogP contribution in [0.25, 0.3) is 11.0 Å². The number of fused-ring (bicyclic) bond motifs is 1. The van der Waals surface area contributed by atoms with Crippen molar-refractivity contribution in [2.24, 2.45) is 0 Å². The molecule has 2 rings (SSSR count). The fourth-order valence-corrected chi connectivity index (χ4v) is 2.05. The van der Waals surface area contributed by atoms with Gasteiger partial charge in [-0.25, -0.2) is 0 Å². The molecule has 74 valence electrons. The van der Waals surface area contributed by atoms with E-state index in [4.69, 9.17) is 32.4 Å². The molecule has 0 aliphatic carbocycles. The SMILES string of the molecule is COc1c(Cl)cc(Cl)c2occ(C)c12. The van der Waals surface area contributed by atoms with Gasteiger partial charge in [0.2, 0.25) is 0 Å². The van der Waals surface area contributed by atoms with E-state index in [1.807, 2.05) is 6.92 Å².